The Hall–Kier alpha value is -2.63. The van der Waals surface area contributed by atoms with E-state index in [9.17, 15) is 10.1 Å². The summed E-state index contributed by atoms with van der Waals surface area (Å²) < 4.78 is 10.9. The Morgan fingerprint density at radius 1 is 1.14 bits per heavy atom. The van der Waals surface area contributed by atoms with Crippen LogP contribution >= 0.6 is 0 Å². The molecule has 1 aromatic heterocycles. The molecule has 0 spiro atoms. The summed E-state index contributed by atoms with van der Waals surface area (Å²) in [6, 6.07) is 11.0. The lowest BCUT2D eigenvalue weighted by Crippen LogP contribution is -2.10. The monoisotopic (exact) mass is 302 g/mol. The molecule has 0 aliphatic rings. The van der Waals surface area contributed by atoms with E-state index in [-0.39, 0.29) is 18.2 Å². The molecule has 0 unspecified atom stereocenters. The number of hydrogen-bond donors (Lipinski definition) is 0. The molecule has 0 N–H and O–H groups in total. The quantitative estimate of drug-likeness (QED) is 0.444. The molecule has 2 rings (SSSR count). The molecule has 0 aliphatic carbocycles. The molecule has 0 aliphatic heterocycles. The molecule has 0 fully saturated rings. The molecule has 2 aromatic rings. The van der Waals surface area contributed by atoms with Crippen molar-refractivity contribution in [1.29, 1.82) is 0 Å². The van der Waals surface area contributed by atoms with E-state index < -0.39 is 4.92 Å². The van der Waals surface area contributed by atoms with Crippen molar-refractivity contribution in [2.24, 2.45) is 0 Å². The van der Waals surface area contributed by atoms with Crippen LogP contribution in [0.15, 0.2) is 42.6 Å². The van der Waals surface area contributed by atoms with Crippen LogP contribution in [0.1, 0.15) is 25.3 Å². The fourth-order valence-electron chi connectivity index (χ4n) is 1.89. The highest BCUT2D eigenvalue weighted by molar-refractivity contribution is 5.38. The Balaban J connectivity index is 1.83. The Morgan fingerprint density at radius 3 is 2.45 bits per heavy atom. The van der Waals surface area contributed by atoms with Crippen LogP contribution in [0.25, 0.3) is 0 Å². The Labute approximate surface area is 128 Å². The Morgan fingerprint density at radius 2 is 1.82 bits per heavy atom. The van der Waals surface area contributed by atoms with Crippen LogP contribution in [0, 0.1) is 10.1 Å². The molecule has 0 radical (unpaired) electrons. The number of benzene rings is 1. The van der Waals surface area contributed by atoms with Gasteiger partial charge >= 0.3 is 5.82 Å². The van der Waals surface area contributed by atoms with Crippen molar-refractivity contribution < 1.29 is 14.4 Å². The summed E-state index contributed by atoms with van der Waals surface area (Å²) in [4.78, 5) is 13.9. The van der Waals surface area contributed by atoms with E-state index in [0.29, 0.717) is 12.5 Å². The second kappa shape index (κ2) is 7.40. The smallest absolute Gasteiger partial charge is 0.406 e. The van der Waals surface area contributed by atoms with Crippen molar-refractivity contribution in [3.8, 4) is 11.5 Å². The first-order chi connectivity index (χ1) is 10.6. The normalized spacial score (nSPS) is 10.5. The molecule has 6 heteroatoms. The van der Waals surface area contributed by atoms with Gasteiger partial charge in [-0.25, -0.2) is 0 Å². The minimum absolute atomic E-state index is 0.145. The minimum atomic E-state index is -0.569. The van der Waals surface area contributed by atoms with Crippen LogP contribution in [-0.2, 0) is 0 Å². The second-order valence-corrected chi connectivity index (χ2v) is 5.00. The fourth-order valence-corrected chi connectivity index (χ4v) is 1.89. The molecule has 0 saturated carbocycles. The van der Waals surface area contributed by atoms with Crippen molar-refractivity contribution >= 4 is 5.82 Å². The van der Waals surface area contributed by atoms with Crippen LogP contribution < -0.4 is 9.47 Å². The summed E-state index contributed by atoms with van der Waals surface area (Å²) in [5.74, 6) is 1.08. The van der Waals surface area contributed by atoms with Crippen molar-refractivity contribution in [3.05, 3.63) is 58.3 Å². The highest BCUT2D eigenvalue weighted by Gasteiger charge is 2.15. The number of pyridine rings is 1. The van der Waals surface area contributed by atoms with Crippen LogP contribution in [0.3, 0.4) is 0 Å². The van der Waals surface area contributed by atoms with Gasteiger partial charge in [0.2, 0.25) is 5.75 Å². The molecule has 1 aromatic carbocycles. The van der Waals surface area contributed by atoms with E-state index in [0.717, 1.165) is 5.75 Å². The van der Waals surface area contributed by atoms with Gasteiger partial charge in [0.15, 0.2) is 0 Å². The van der Waals surface area contributed by atoms with Gasteiger partial charge in [0.1, 0.15) is 25.2 Å². The minimum Gasteiger partial charge on any atom is -0.490 e. The number of ether oxygens (including phenoxy) is 2. The Kier molecular flexibility index (Phi) is 5.30. The average molecular weight is 302 g/mol. The summed E-state index contributed by atoms with van der Waals surface area (Å²) in [6.07, 6.45) is 1.36. The van der Waals surface area contributed by atoms with Gasteiger partial charge in [-0.05, 0) is 45.7 Å². The lowest BCUT2D eigenvalue weighted by Gasteiger charge is -2.10. The number of rotatable bonds is 7. The number of hydrogen-bond acceptors (Lipinski definition) is 5. The third-order valence-electron chi connectivity index (χ3n) is 3.08. The zero-order chi connectivity index (χ0) is 15.9. The molecule has 0 amide bonds. The zero-order valence-electron chi connectivity index (χ0n) is 12.6. The molecule has 0 atom stereocenters. The van der Waals surface area contributed by atoms with E-state index >= 15 is 0 Å². The molecule has 6 nitrogen and oxygen atoms in total. The van der Waals surface area contributed by atoms with E-state index in [2.05, 4.69) is 18.8 Å². The van der Waals surface area contributed by atoms with E-state index in [1.807, 2.05) is 24.3 Å². The SMILES string of the molecule is CC(C)c1ccc(OCCOc2cccnc2[N+](=O)[O-])cc1. The lowest BCUT2D eigenvalue weighted by atomic mass is 10.0. The highest BCUT2D eigenvalue weighted by Crippen LogP contribution is 2.23. The molecular formula is C16H18N2O4. The standard InChI is InChI=1S/C16H18N2O4/c1-12(2)13-5-7-14(8-6-13)21-10-11-22-15-4-3-9-17-16(15)18(19)20/h3-9,12H,10-11H2,1-2H3. The fraction of sp³-hybridized carbons (Fsp3) is 0.312. The maximum Gasteiger partial charge on any atom is 0.406 e. The van der Waals surface area contributed by atoms with Gasteiger partial charge in [-0.2, -0.15) is 0 Å². The number of nitrogens with zero attached hydrogens (tertiary/aromatic N) is 2. The van der Waals surface area contributed by atoms with Gasteiger partial charge in [0.05, 0.1) is 0 Å². The second-order valence-electron chi connectivity index (χ2n) is 5.00. The number of aromatic nitrogens is 1. The molecule has 116 valence electrons. The topological polar surface area (TPSA) is 74.5 Å². The number of nitro groups is 1. The molecule has 0 saturated heterocycles. The van der Waals surface area contributed by atoms with Gasteiger partial charge < -0.3 is 19.6 Å². The molecule has 22 heavy (non-hydrogen) atoms. The lowest BCUT2D eigenvalue weighted by molar-refractivity contribution is -0.390. The van der Waals surface area contributed by atoms with Gasteiger partial charge in [-0.1, -0.05) is 26.0 Å². The van der Waals surface area contributed by atoms with Gasteiger partial charge in [-0.3, -0.25) is 0 Å². The van der Waals surface area contributed by atoms with Crippen LogP contribution in [0.2, 0.25) is 0 Å². The average Bonchev–Trinajstić information content (AvgIpc) is 2.52. The van der Waals surface area contributed by atoms with Crippen molar-refractivity contribution in [1.82, 2.24) is 4.98 Å². The first-order valence-electron chi connectivity index (χ1n) is 7.03. The van der Waals surface area contributed by atoms with E-state index in [1.165, 1.54) is 17.8 Å². The molecular weight excluding hydrogens is 284 g/mol. The van der Waals surface area contributed by atoms with Gasteiger partial charge in [-0.15, -0.1) is 0 Å². The van der Waals surface area contributed by atoms with Gasteiger partial charge in [0.25, 0.3) is 0 Å². The maximum absolute atomic E-state index is 10.8. The maximum atomic E-state index is 10.8. The van der Waals surface area contributed by atoms with Crippen molar-refractivity contribution in [3.63, 3.8) is 0 Å². The first kappa shape index (κ1) is 15.8. The summed E-state index contributed by atoms with van der Waals surface area (Å²) in [6.45, 7) is 4.76. The predicted octanol–water partition coefficient (Wildman–Crippen LogP) is 3.57. The third kappa shape index (κ3) is 4.18. The van der Waals surface area contributed by atoms with E-state index in [4.69, 9.17) is 9.47 Å². The summed E-state index contributed by atoms with van der Waals surface area (Å²) in [5, 5.41) is 10.8. The summed E-state index contributed by atoms with van der Waals surface area (Å²) in [7, 11) is 0. The van der Waals surface area contributed by atoms with E-state index in [1.54, 1.807) is 6.07 Å². The van der Waals surface area contributed by atoms with Crippen LogP contribution in [-0.4, -0.2) is 23.1 Å². The predicted molar refractivity (Wildman–Crippen MR) is 82.4 cm³/mol. The third-order valence-corrected chi connectivity index (χ3v) is 3.08. The largest absolute Gasteiger partial charge is 0.490 e. The first-order valence-corrected chi connectivity index (χ1v) is 7.03. The highest BCUT2D eigenvalue weighted by atomic mass is 16.6. The molecule has 1 heterocycles. The van der Waals surface area contributed by atoms with Crippen LogP contribution in [0.4, 0.5) is 5.82 Å². The van der Waals surface area contributed by atoms with Crippen molar-refractivity contribution in [2.75, 3.05) is 13.2 Å². The zero-order valence-corrected chi connectivity index (χ0v) is 12.6. The summed E-state index contributed by atoms with van der Waals surface area (Å²) >= 11 is 0. The summed E-state index contributed by atoms with van der Waals surface area (Å²) in [5.41, 5.74) is 1.24. The Bertz CT molecular complexity index is 626. The van der Waals surface area contributed by atoms with Crippen LogP contribution in [0.5, 0.6) is 11.5 Å². The van der Waals surface area contributed by atoms with Crippen molar-refractivity contribution in [2.45, 2.75) is 19.8 Å². The van der Waals surface area contributed by atoms with Gasteiger partial charge in [0, 0.05) is 0 Å². The molecule has 0 bridgehead atoms.